The SMILES string of the molecule is C[C@H]1CS(=O)(=O)N(c2ccc(C(=O)NCc3ccccc3)cc2)C1=O. The number of sulfonamides is 1. The molecule has 1 aliphatic rings. The number of nitrogens with one attached hydrogen (secondary N) is 1. The normalized spacial score (nSPS) is 19.0. The minimum atomic E-state index is -3.63. The monoisotopic (exact) mass is 358 g/mol. The molecular weight excluding hydrogens is 340 g/mol. The first-order valence-electron chi connectivity index (χ1n) is 7.87. The summed E-state index contributed by atoms with van der Waals surface area (Å²) >= 11 is 0. The molecule has 0 spiro atoms. The van der Waals surface area contributed by atoms with E-state index < -0.39 is 21.8 Å². The summed E-state index contributed by atoms with van der Waals surface area (Å²) in [5.74, 6) is -1.45. The summed E-state index contributed by atoms with van der Waals surface area (Å²) in [5.41, 5.74) is 1.64. The summed E-state index contributed by atoms with van der Waals surface area (Å²) in [6.45, 7) is 1.99. The van der Waals surface area contributed by atoms with Crippen LogP contribution in [-0.2, 0) is 21.4 Å². The molecule has 2 aromatic carbocycles. The van der Waals surface area contributed by atoms with Gasteiger partial charge in [-0.15, -0.1) is 0 Å². The van der Waals surface area contributed by atoms with Crippen LogP contribution >= 0.6 is 0 Å². The van der Waals surface area contributed by atoms with Crippen LogP contribution in [0.5, 0.6) is 0 Å². The average molecular weight is 358 g/mol. The van der Waals surface area contributed by atoms with Gasteiger partial charge >= 0.3 is 0 Å². The molecule has 2 amide bonds. The molecule has 0 saturated carbocycles. The van der Waals surface area contributed by atoms with Crippen LogP contribution in [0.1, 0.15) is 22.8 Å². The predicted octanol–water partition coefficient (Wildman–Crippen LogP) is 1.93. The van der Waals surface area contributed by atoms with Crippen LogP contribution in [0.3, 0.4) is 0 Å². The Balaban J connectivity index is 1.72. The molecule has 6 nitrogen and oxygen atoms in total. The molecule has 1 saturated heterocycles. The smallest absolute Gasteiger partial charge is 0.251 e. The Morgan fingerprint density at radius 2 is 1.76 bits per heavy atom. The fourth-order valence-electron chi connectivity index (χ4n) is 2.72. The molecule has 1 fully saturated rings. The van der Waals surface area contributed by atoms with Crippen molar-refractivity contribution < 1.29 is 18.0 Å². The van der Waals surface area contributed by atoms with E-state index in [0.29, 0.717) is 12.1 Å². The molecular formula is C18H18N2O4S. The molecule has 1 atom stereocenters. The Labute approximate surface area is 146 Å². The molecule has 0 radical (unpaired) electrons. The standard InChI is InChI=1S/C18H18N2O4S/c1-13-12-25(23,24)20(18(13)22)16-9-7-15(8-10-16)17(21)19-11-14-5-3-2-4-6-14/h2-10,13H,11-12H2,1H3,(H,19,21)/t13-/m0/s1. The zero-order valence-corrected chi connectivity index (χ0v) is 14.5. The van der Waals surface area contributed by atoms with Crippen molar-refractivity contribution in [3.05, 3.63) is 65.7 Å². The van der Waals surface area contributed by atoms with E-state index in [0.717, 1.165) is 9.87 Å². The van der Waals surface area contributed by atoms with Crippen molar-refractivity contribution in [2.24, 2.45) is 5.92 Å². The molecule has 130 valence electrons. The lowest BCUT2D eigenvalue weighted by molar-refractivity contribution is -0.119. The molecule has 0 aromatic heterocycles. The molecule has 0 bridgehead atoms. The summed E-state index contributed by atoms with van der Waals surface area (Å²) < 4.78 is 25.0. The number of nitrogens with zero attached hydrogens (tertiary/aromatic N) is 1. The third-order valence-electron chi connectivity index (χ3n) is 4.02. The van der Waals surface area contributed by atoms with Gasteiger partial charge in [0.25, 0.3) is 5.91 Å². The average Bonchev–Trinajstić information content (AvgIpc) is 2.81. The maximum absolute atomic E-state index is 12.2. The van der Waals surface area contributed by atoms with Crippen molar-refractivity contribution in [2.45, 2.75) is 13.5 Å². The summed E-state index contributed by atoms with van der Waals surface area (Å²) in [5, 5.41) is 2.80. The van der Waals surface area contributed by atoms with Crippen LogP contribution < -0.4 is 9.62 Å². The number of hydrogen-bond donors (Lipinski definition) is 1. The van der Waals surface area contributed by atoms with E-state index in [1.807, 2.05) is 30.3 Å². The first-order valence-corrected chi connectivity index (χ1v) is 9.48. The van der Waals surface area contributed by atoms with Gasteiger partial charge in [0.15, 0.2) is 0 Å². The zero-order chi connectivity index (χ0) is 18.0. The molecule has 3 rings (SSSR count). The van der Waals surface area contributed by atoms with Crippen molar-refractivity contribution >= 4 is 27.5 Å². The Kier molecular flexibility index (Phi) is 4.59. The number of rotatable bonds is 4. The first kappa shape index (κ1) is 17.2. The van der Waals surface area contributed by atoms with Crippen LogP contribution in [0.15, 0.2) is 54.6 Å². The molecule has 7 heteroatoms. The van der Waals surface area contributed by atoms with Crippen LogP contribution in [0, 0.1) is 5.92 Å². The third kappa shape index (κ3) is 3.56. The van der Waals surface area contributed by atoms with Gasteiger partial charge in [0.05, 0.1) is 17.4 Å². The van der Waals surface area contributed by atoms with Gasteiger partial charge in [0.1, 0.15) is 0 Å². The maximum Gasteiger partial charge on any atom is 0.251 e. The molecule has 0 unspecified atom stereocenters. The summed E-state index contributed by atoms with van der Waals surface area (Å²) in [4.78, 5) is 24.3. The quantitative estimate of drug-likeness (QED) is 0.905. The van der Waals surface area contributed by atoms with Gasteiger partial charge in [-0.05, 0) is 29.8 Å². The van der Waals surface area contributed by atoms with E-state index >= 15 is 0 Å². The highest BCUT2D eigenvalue weighted by Gasteiger charge is 2.41. The second kappa shape index (κ2) is 6.68. The molecule has 25 heavy (non-hydrogen) atoms. The van der Waals surface area contributed by atoms with E-state index in [1.54, 1.807) is 6.92 Å². The Bertz CT molecular complexity index is 892. The number of carbonyl (C=O) groups excluding carboxylic acids is 2. The van der Waals surface area contributed by atoms with Crippen molar-refractivity contribution in [3.8, 4) is 0 Å². The van der Waals surface area contributed by atoms with Gasteiger partial charge in [-0.1, -0.05) is 37.3 Å². The minimum Gasteiger partial charge on any atom is -0.348 e. The minimum absolute atomic E-state index is 0.189. The Morgan fingerprint density at radius 3 is 2.32 bits per heavy atom. The fourth-order valence-corrected chi connectivity index (χ4v) is 4.54. The zero-order valence-electron chi connectivity index (χ0n) is 13.7. The molecule has 1 N–H and O–H groups in total. The van der Waals surface area contributed by atoms with Crippen molar-refractivity contribution in [1.82, 2.24) is 5.32 Å². The number of hydrogen-bond acceptors (Lipinski definition) is 4. The van der Waals surface area contributed by atoms with Crippen molar-refractivity contribution in [3.63, 3.8) is 0 Å². The summed E-state index contributed by atoms with van der Waals surface area (Å²) in [6.07, 6.45) is 0. The Hall–Kier alpha value is -2.67. The third-order valence-corrected chi connectivity index (χ3v) is 5.89. The van der Waals surface area contributed by atoms with E-state index in [2.05, 4.69) is 5.32 Å². The molecule has 1 heterocycles. The first-order chi connectivity index (χ1) is 11.9. The highest BCUT2D eigenvalue weighted by atomic mass is 32.2. The van der Waals surface area contributed by atoms with Gasteiger partial charge in [0, 0.05) is 12.1 Å². The van der Waals surface area contributed by atoms with Gasteiger partial charge < -0.3 is 5.32 Å². The van der Waals surface area contributed by atoms with Gasteiger partial charge in [-0.3, -0.25) is 9.59 Å². The second-order valence-corrected chi connectivity index (χ2v) is 7.86. The number of anilines is 1. The van der Waals surface area contributed by atoms with E-state index in [1.165, 1.54) is 24.3 Å². The van der Waals surface area contributed by atoms with Gasteiger partial charge in [-0.25, -0.2) is 12.7 Å². The van der Waals surface area contributed by atoms with Gasteiger partial charge in [0.2, 0.25) is 15.9 Å². The van der Waals surface area contributed by atoms with Crippen LogP contribution in [-0.4, -0.2) is 26.0 Å². The molecule has 0 aliphatic carbocycles. The predicted molar refractivity (Wildman–Crippen MR) is 94.5 cm³/mol. The van der Waals surface area contributed by atoms with E-state index in [9.17, 15) is 18.0 Å². The summed E-state index contributed by atoms with van der Waals surface area (Å²) in [6, 6.07) is 15.5. The van der Waals surface area contributed by atoms with E-state index in [4.69, 9.17) is 0 Å². The fraction of sp³-hybridized carbons (Fsp3) is 0.222. The Morgan fingerprint density at radius 1 is 1.12 bits per heavy atom. The lowest BCUT2D eigenvalue weighted by atomic mass is 10.1. The largest absolute Gasteiger partial charge is 0.348 e. The number of carbonyl (C=O) groups is 2. The van der Waals surface area contributed by atoms with Crippen LogP contribution in [0.4, 0.5) is 5.69 Å². The molecule has 2 aromatic rings. The lowest BCUT2D eigenvalue weighted by Gasteiger charge is -2.15. The topological polar surface area (TPSA) is 83.6 Å². The maximum atomic E-state index is 12.2. The molecule has 1 aliphatic heterocycles. The second-order valence-electron chi connectivity index (χ2n) is 6.00. The van der Waals surface area contributed by atoms with E-state index in [-0.39, 0.29) is 17.3 Å². The highest BCUT2D eigenvalue weighted by Crippen LogP contribution is 2.28. The van der Waals surface area contributed by atoms with Crippen molar-refractivity contribution in [1.29, 1.82) is 0 Å². The van der Waals surface area contributed by atoms with Crippen molar-refractivity contribution in [2.75, 3.05) is 10.1 Å². The van der Waals surface area contributed by atoms with Crippen LogP contribution in [0.25, 0.3) is 0 Å². The lowest BCUT2D eigenvalue weighted by Crippen LogP contribution is -2.30. The number of amides is 2. The van der Waals surface area contributed by atoms with Crippen LogP contribution in [0.2, 0.25) is 0 Å². The van der Waals surface area contributed by atoms with Gasteiger partial charge in [-0.2, -0.15) is 0 Å². The highest BCUT2D eigenvalue weighted by molar-refractivity contribution is 7.94. The summed E-state index contributed by atoms with van der Waals surface area (Å²) in [7, 11) is -3.63. The number of benzene rings is 2.